The second-order valence-corrected chi connectivity index (χ2v) is 6.95. The average molecular weight is 328 g/mol. The van der Waals surface area contributed by atoms with Crippen molar-refractivity contribution in [2.24, 2.45) is 0 Å². The Morgan fingerprint density at radius 3 is 2.75 bits per heavy atom. The molecule has 2 aliphatic rings. The number of nitrogens with one attached hydrogen (secondary N) is 1. The maximum Gasteiger partial charge on any atom is 0.298 e. The van der Waals surface area contributed by atoms with E-state index >= 15 is 0 Å². The molecule has 0 unspecified atom stereocenters. The van der Waals surface area contributed by atoms with E-state index in [0.29, 0.717) is 12.1 Å². The number of carbonyl (C=O) groups is 1. The Morgan fingerprint density at radius 1 is 1.29 bits per heavy atom. The van der Waals surface area contributed by atoms with Crippen LogP contribution in [-0.4, -0.2) is 54.1 Å². The standard InChI is InChI=1S/C18H24N4O2/c1-12-3-6-16-15(11-12)20-18(24-16)22-9-7-21(8-10-22)13(2)17(23)19-14-4-5-14/h3,6,11,13-14H,4-5,7-10H2,1-2H3,(H,19,23)/t13-/m1/s1. The molecule has 1 atom stereocenters. The smallest absolute Gasteiger partial charge is 0.298 e. The molecule has 2 fully saturated rings. The molecule has 1 aromatic heterocycles. The van der Waals surface area contributed by atoms with E-state index < -0.39 is 0 Å². The lowest BCUT2D eigenvalue weighted by atomic mass is 10.2. The molecule has 0 bridgehead atoms. The van der Waals surface area contributed by atoms with Gasteiger partial charge in [0.1, 0.15) is 5.52 Å². The molecule has 1 N–H and O–H groups in total. The lowest BCUT2D eigenvalue weighted by molar-refractivity contribution is -0.126. The second-order valence-electron chi connectivity index (χ2n) is 6.95. The van der Waals surface area contributed by atoms with Crippen LogP contribution in [0.25, 0.3) is 11.1 Å². The van der Waals surface area contributed by atoms with Crippen LogP contribution < -0.4 is 10.2 Å². The molecule has 1 saturated carbocycles. The maximum atomic E-state index is 12.2. The van der Waals surface area contributed by atoms with Crippen molar-refractivity contribution in [1.82, 2.24) is 15.2 Å². The molecule has 0 radical (unpaired) electrons. The highest BCUT2D eigenvalue weighted by Crippen LogP contribution is 2.24. The largest absolute Gasteiger partial charge is 0.423 e. The van der Waals surface area contributed by atoms with Crippen molar-refractivity contribution in [3.05, 3.63) is 23.8 Å². The summed E-state index contributed by atoms with van der Waals surface area (Å²) < 4.78 is 5.88. The van der Waals surface area contributed by atoms with Crippen LogP contribution in [0.2, 0.25) is 0 Å². The van der Waals surface area contributed by atoms with Gasteiger partial charge < -0.3 is 14.6 Å². The first-order chi connectivity index (χ1) is 11.6. The highest BCUT2D eigenvalue weighted by Gasteiger charge is 2.30. The van der Waals surface area contributed by atoms with E-state index in [4.69, 9.17) is 4.42 Å². The number of aryl methyl sites for hydroxylation is 1. The van der Waals surface area contributed by atoms with Gasteiger partial charge in [0.2, 0.25) is 5.91 Å². The minimum atomic E-state index is -0.0703. The van der Waals surface area contributed by atoms with Crippen LogP contribution >= 0.6 is 0 Å². The van der Waals surface area contributed by atoms with Gasteiger partial charge in [-0.1, -0.05) is 6.07 Å². The van der Waals surface area contributed by atoms with E-state index in [9.17, 15) is 4.79 Å². The molecular weight excluding hydrogens is 304 g/mol. The summed E-state index contributed by atoms with van der Waals surface area (Å²) in [6.45, 7) is 7.39. The van der Waals surface area contributed by atoms with Gasteiger partial charge in [-0.05, 0) is 44.4 Å². The summed E-state index contributed by atoms with van der Waals surface area (Å²) in [5.41, 5.74) is 2.92. The number of piperazine rings is 1. The van der Waals surface area contributed by atoms with Gasteiger partial charge in [-0.25, -0.2) is 0 Å². The lowest BCUT2D eigenvalue weighted by Crippen LogP contribution is -2.54. The Balaban J connectivity index is 1.38. The van der Waals surface area contributed by atoms with Gasteiger partial charge in [-0.15, -0.1) is 0 Å². The van der Waals surface area contributed by atoms with Crippen LogP contribution in [-0.2, 0) is 4.79 Å². The molecule has 1 amide bonds. The zero-order chi connectivity index (χ0) is 16.7. The fourth-order valence-corrected chi connectivity index (χ4v) is 3.18. The van der Waals surface area contributed by atoms with Crippen LogP contribution in [0.4, 0.5) is 6.01 Å². The van der Waals surface area contributed by atoms with Crippen LogP contribution in [0.1, 0.15) is 25.3 Å². The van der Waals surface area contributed by atoms with Crippen molar-refractivity contribution < 1.29 is 9.21 Å². The normalized spacial score (nSPS) is 20.3. The summed E-state index contributed by atoms with van der Waals surface area (Å²) in [6, 6.07) is 7.09. The third-order valence-electron chi connectivity index (χ3n) is 4.97. The molecule has 0 spiro atoms. The van der Waals surface area contributed by atoms with Crippen molar-refractivity contribution in [2.45, 2.75) is 38.8 Å². The van der Waals surface area contributed by atoms with Gasteiger partial charge in [0.05, 0.1) is 6.04 Å². The number of hydrogen-bond donors (Lipinski definition) is 1. The molecule has 2 heterocycles. The number of oxazole rings is 1. The molecule has 24 heavy (non-hydrogen) atoms. The van der Waals surface area contributed by atoms with Gasteiger partial charge in [0, 0.05) is 32.2 Å². The Kier molecular flexibility index (Phi) is 3.92. The summed E-state index contributed by atoms with van der Waals surface area (Å²) in [7, 11) is 0. The van der Waals surface area contributed by atoms with Gasteiger partial charge in [-0.2, -0.15) is 4.98 Å². The molecule has 128 valence electrons. The first-order valence-corrected chi connectivity index (χ1v) is 8.77. The zero-order valence-electron chi connectivity index (χ0n) is 14.3. The SMILES string of the molecule is Cc1ccc2oc(N3CCN([C@H](C)C(=O)NC4CC4)CC3)nc2c1. The fourth-order valence-electron chi connectivity index (χ4n) is 3.18. The highest BCUT2D eigenvalue weighted by molar-refractivity contribution is 5.82. The van der Waals surface area contributed by atoms with Crippen molar-refractivity contribution >= 4 is 23.0 Å². The Morgan fingerprint density at radius 2 is 2.04 bits per heavy atom. The minimum absolute atomic E-state index is 0.0703. The Labute approximate surface area is 141 Å². The van der Waals surface area contributed by atoms with Crippen LogP contribution in [0, 0.1) is 6.92 Å². The van der Waals surface area contributed by atoms with Gasteiger partial charge in [0.25, 0.3) is 6.01 Å². The summed E-state index contributed by atoms with van der Waals surface area (Å²) >= 11 is 0. The number of amides is 1. The van der Waals surface area contributed by atoms with Gasteiger partial charge in [-0.3, -0.25) is 9.69 Å². The van der Waals surface area contributed by atoms with E-state index in [1.807, 2.05) is 25.1 Å². The van der Waals surface area contributed by atoms with E-state index in [2.05, 4.69) is 27.0 Å². The van der Waals surface area contributed by atoms with Gasteiger partial charge >= 0.3 is 0 Å². The molecule has 2 aromatic rings. The highest BCUT2D eigenvalue weighted by atomic mass is 16.4. The predicted octanol–water partition coefficient (Wildman–Crippen LogP) is 1.93. The summed E-state index contributed by atoms with van der Waals surface area (Å²) in [5.74, 6) is 0.156. The van der Waals surface area contributed by atoms with Crippen LogP contribution in [0.3, 0.4) is 0 Å². The molecule has 1 aliphatic heterocycles. The molecule has 6 heteroatoms. The number of hydrogen-bond acceptors (Lipinski definition) is 5. The van der Waals surface area contributed by atoms with Crippen molar-refractivity contribution in [2.75, 3.05) is 31.1 Å². The first-order valence-electron chi connectivity index (χ1n) is 8.77. The summed E-state index contributed by atoms with van der Waals surface area (Å²) in [4.78, 5) is 21.2. The van der Waals surface area contributed by atoms with E-state index in [-0.39, 0.29) is 11.9 Å². The van der Waals surface area contributed by atoms with Crippen molar-refractivity contribution in [3.8, 4) is 0 Å². The molecule has 6 nitrogen and oxygen atoms in total. The molecule has 4 rings (SSSR count). The third-order valence-corrected chi connectivity index (χ3v) is 4.97. The second kappa shape index (κ2) is 6.09. The minimum Gasteiger partial charge on any atom is -0.423 e. The van der Waals surface area contributed by atoms with Crippen LogP contribution in [0.15, 0.2) is 22.6 Å². The van der Waals surface area contributed by atoms with E-state index in [0.717, 1.165) is 50.1 Å². The van der Waals surface area contributed by atoms with Crippen molar-refractivity contribution in [3.63, 3.8) is 0 Å². The van der Waals surface area contributed by atoms with Crippen molar-refractivity contribution in [1.29, 1.82) is 0 Å². The fraction of sp³-hybridized carbons (Fsp3) is 0.556. The van der Waals surface area contributed by atoms with Gasteiger partial charge in [0.15, 0.2) is 5.58 Å². The Bertz CT molecular complexity index is 745. The molecule has 1 aliphatic carbocycles. The number of aromatic nitrogens is 1. The quantitative estimate of drug-likeness (QED) is 0.929. The number of benzene rings is 1. The molecular formula is C18H24N4O2. The number of nitrogens with zero attached hydrogens (tertiary/aromatic N) is 3. The third kappa shape index (κ3) is 3.11. The number of carbonyl (C=O) groups excluding carboxylic acids is 1. The topological polar surface area (TPSA) is 61.6 Å². The Hall–Kier alpha value is -2.08. The average Bonchev–Trinajstić information content (AvgIpc) is 3.30. The predicted molar refractivity (Wildman–Crippen MR) is 93.2 cm³/mol. The molecule has 1 aromatic carbocycles. The maximum absolute atomic E-state index is 12.2. The molecule has 1 saturated heterocycles. The summed E-state index contributed by atoms with van der Waals surface area (Å²) in [6.07, 6.45) is 2.26. The zero-order valence-corrected chi connectivity index (χ0v) is 14.3. The number of fused-ring (bicyclic) bond motifs is 1. The summed E-state index contributed by atoms with van der Waals surface area (Å²) in [5, 5.41) is 3.09. The number of rotatable bonds is 4. The first kappa shape index (κ1) is 15.4. The monoisotopic (exact) mass is 328 g/mol. The lowest BCUT2D eigenvalue weighted by Gasteiger charge is -2.36. The van der Waals surface area contributed by atoms with E-state index in [1.165, 1.54) is 5.56 Å². The van der Waals surface area contributed by atoms with E-state index in [1.54, 1.807) is 0 Å². The van der Waals surface area contributed by atoms with Crippen LogP contribution in [0.5, 0.6) is 0 Å². The number of anilines is 1.